The van der Waals surface area contributed by atoms with Crippen LogP contribution in [0.2, 0.25) is 0 Å². The van der Waals surface area contributed by atoms with Crippen molar-refractivity contribution in [1.82, 2.24) is 4.90 Å². The van der Waals surface area contributed by atoms with Gasteiger partial charge in [0, 0.05) is 31.9 Å². The van der Waals surface area contributed by atoms with Crippen LogP contribution in [-0.2, 0) is 6.54 Å². The first-order chi connectivity index (χ1) is 10.3. The molecule has 1 aromatic rings. The molecule has 0 unspecified atom stereocenters. The normalized spacial score (nSPS) is 18.5. The van der Waals surface area contributed by atoms with E-state index in [9.17, 15) is 0 Å². The van der Waals surface area contributed by atoms with Gasteiger partial charge >= 0.3 is 0 Å². The molecule has 2 N–H and O–H groups in total. The molecule has 3 rings (SSSR count). The van der Waals surface area contributed by atoms with Crippen LogP contribution in [0.5, 0.6) is 0 Å². The van der Waals surface area contributed by atoms with E-state index in [-0.39, 0.29) is 24.0 Å². The van der Waals surface area contributed by atoms with Crippen LogP contribution in [0, 0.1) is 0 Å². The quantitative estimate of drug-likeness (QED) is 0.359. The zero-order valence-electron chi connectivity index (χ0n) is 12.9. The summed E-state index contributed by atoms with van der Waals surface area (Å²) in [4.78, 5) is 9.08. The van der Waals surface area contributed by atoms with Crippen molar-refractivity contribution in [1.29, 1.82) is 0 Å². The summed E-state index contributed by atoms with van der Waals surface area (Å²) < 4.78 is 0. The summed E-state index contributed by atoms with van der Waals surface area (Å²) in [7, 11) is 0. The van der Waals surface area contributed by atoms with Crippen LogP contribution < -0.4 is 10.6 Å². The summed E-state index contributed by atoms with van der Waals surface area (Å²) in [5.41, 5.74) is 8.57. The van der Waals surface area contributed by atoms with Gasteiger partial charge in [-0.3, -0.25) is 0 Å². The van der Waals surface area contributed by atoms with Crippen LogP contribution >= 0.6 is 24.0 Å². The molecular formula is C17H25IN4. The lowest BCUT2D eigenvalue weighted by atomic mass is 10.1. The van der Waals surface area contributed by atoms with Crippen LogP contribution in [0.25, 0.3) is 0 Å². The first-order valence-corrected chi connectivity index (χ1v) is 7.87. The highest BCUT2D eigenvalue weighted by Gasteiger charge is 2.11. The van der Waals surface area contributed by atoms with Crippen molar-refractivity contribution >= 4 is 35.6 Å². The molecule has 0 atom stereocenters. The third kappa shape index (κ3) is 4.38. The van der Waals surface area contributed by atoms with E-state index >= 15 is 0 Å². The first kappa shape index (κ1) is 17.1. The lowest BCUT2D eigenvalue weighted by Gasteiger charge is -2.27. The second kappa shape index (κ2) is 8.41. The Labute approximate surface area is 150 Å². The van der Waals surface area contributed by atoms with Crippen molar-refractivity contribution in [3.05, 3.63) is 42.0 Å². The van der Waals surface area contributed by atoms with E-state index in [4.69, 9.17) is 5.73 Å². The predicted molar refractivity (Wildman–Crippen MR) is 104 cm³/mol. The first-order valence-electron chi connectivity index (χ1n) is 7.87. The Morgan fingerprint density at radius 2 is 1.64 bits per heavy atom. The van der Waals surface area contributed by atoms with Gasteiger partial charge < -0.3 is 15.5 Å². The smallest absolute Gasteiger partial charge is 0.191 e. The van der Waals surface area contributed by atoms with Gasteiger partial charge in [0.05, 0.1) is 6.54 Å². The Morgan fingerprint density at radius 3 is 2.27 bits per heavy atom. The number of likely N-dealkylation sites (tertiary alicyclic amines) is 1. The molecule has 5 heteroatoms. The van der Waals surface area contributed by atoms with Crippen LogP contribution in [0.1, 0.15) is 24.8 Å². The lowest BCUT2D eigenvalue weighted by molar-refractivity contribution is 0.338. The summed E-state index contributed by atoms with van der Waals surface area (Å²) in [5, 5.41) is 0. The number of piperidine rings is 1. The summed E-state index contributed by atoms with van der Waals surface area (Å²) in [6.07, 6.45) is 8.19. The van der Waals surface area contributed by atoms with Crippen LogP contribution in [-0.4, -0.2) is 37.0 Å². The van der Waals surface area contributed by atoms with Crippen LogP contribution in [0.15, 0.2) is 41.4 Å². The van der Waals surface area contributed by atoms with E-state index < -0.39 is 0 Å². The Kier molecular flexibility index (Phi) is 6.54. The third-order valence-corrected chi connectivity index (χ3v) is 4.22. The van der Waals surface area contributed by atoms with E-state index in [1.165, 1.54) is 30.5 Å². The number of benzene rings is 1. The Bertz CT molecular complexity index is 510. The highest BCUT2D eigenvalue weighted by atomic mass is 127. The van der Waals surface area contributed by atoms with E-state index in [2.05, 4.69) is 51.2 Å². The topological polar surface area (TPSA) is 44.9 Å². The molecule has 0 spiro atoms. The largest absolute Gasteiger partial charge is 0.370 e. The maximum absolute atomic E-state index is 6.09. The molecule has 4 nitrogen and oxygen atoms in total. The van der Waals surface area contributed by atoms with Gasteiger partial charge in [-0.15, -0.1) is 24.0 Å². The SMILES string of the molecule is I.NC(=NCc1ccc(N2CC=CC2)cc1)N1CCCCC1. The fraction of sp³-hybridized carbons (Fsp3) is 0.471. The number of aliphatic imine (C=N–C) groups is 1. The Balaban J connectivity index is 0.00000176. The number of guanidine groups is 1. The maximum atomic E-state index is 6.09. The fourth-order valence-electron chi connectivity index (χ4n) is 2.90. The number of nitrogens with zero attached hydrogens (tertiary/aromatic N) is 3. The standard InChI is InChI=1S/C17H24N4.HI/c18-17(21-12-2-1-3-13-21)19-14-15-6-8-16(9-7-15)20-10-4-5-11-20;/h4-9H,1-3,10-14H2,(H2,18,19);1H. The number of nitrogens with two attached hydrogens (primary N) is 1. The molecule has 120 valence electrons. The molecule has 22 heavy (non-hydrogen) atoms. The zero-order valence-corrected chi connectivity index (χ0v) is 15.3. The summed E-state index contributed by atoms with van der Waals surface area (Å²) in [6.45, 7) is 4.80. The highest BCUT2D eigenvalue weighted by molar-refractivity contribution is 14.0. The van der Waals surface area contributed by atoms with Gasteiger partial charge in [0.2, 0.25) is 0 Å². The van der Waals surface area contributed by atoms with Crippen molar-refractivity contribution < 1.29 is 0 Å². The minimum Gasteiger partial charge on any atom is -0.370 e. The van der Waals surface area contributed by atoms with Crippen molar-refractivity contribution in [3.8, 4) is 0 Å². The molecule has 0 bridgehead atoms. The number of hydrogen-bond donors (Lipinski definition) is 1. The lowest BCUT2D eigenvalue weighted by Crippen LogP contribution is -2.40. The van der Waals surface area contributed by atoms with Crippen LogP contribution in [0.3, 0.4) is 0 Å². The molecule has 1 fully saturated rings. The summed E-state index contributed by atoms with van der Waals surface area (Å²) >= 11 is 0. The maximum Gasteiger partial charge on any atom is 0.191 e. The Morgan fingerprint density at radius 1 is 1.00 bits per heavy atom. The van der Waals surface area contributed by atoms with Crippen molar-refractivity contribution in [2.24, 2.45) is 10.7 Å². The molecule has 1 saturated heterocycles. The van der Waals surface area contributed by atoms with E-state index in [1.54, 1.807) is 0 Å². The minimum absolute atomic E-state index is 0. The summed E-state index contributed by atoms with van der Waals surface area (Å²) in [5.74, 6) is 0.697. The molecule has 1 aromatic carbocycles. The number of anilines is 1. The minimum atomic E-state index is 0. The molecule has 2 heterocycles. The van der Waals surface area contributed by atoms with Gasteiger partial charge in [-0.25, -0.2) is 4.99 Å². The van der Waals surface area contributed by atoms with Gasteiger partial charge in [-0.1, -0.05) is 24.3 Å². The number of hydrogen-bond acceptors (Lipinski definition) is 2. The molecular weight excluding hydrogens is 387 g/mol. The van der Waals surface area contributed by atoms with Crippen molar-refractivity contribution in [3.63, 3.8) is 0 Å². The van der Waals surface area contributed by atoms with Gasteiger partial charge in [0.1, 0.15) is 0 Å². The number of halogens is 1. The third-order valence-electron chi connectivity index (χ3n) is 4.22. The van der Waals surface area contributed by atoms with Gasteiger partial charge in [-0.2, -0.15) is 0 Å². The van der Waals surface area contributed by atoms with E-state index in [0.717, 1.165) is 26.2 Å². The van der Waals surface area contributed by atoms with Gasteiger partial charge in [-0.05, 0) is 37.0 Å². The average Bonchev–Trinajstić information content (AvgIpc) is 3.08. The molecule has 2 aliphatic heterocycles. The second-order valence-corrected chi connectivity index (χ2v) is 5.76. The predicted octanol–water partition coefficient (Wildman–Crippen LogP) is 2.98. The monoisotopic (exact) mass is 412 g/mol. The van der Waals surface area contributed by atoms with Crippen LogP contribution in [0.4, 0.5) is 5.69 Å². The van der Waals surface area contributed by atoms with Gasteiger partial charge in [0.25, 0.3) is 0 Å². The molecule has 2 aliphatic rings. The average molecular weight is 412 g/mol. The summed E-state index contributed by atoms with van der Waals surface area (Å²) in [6, 6.07) is 8.66. The second-order valence-electron chi connectivity index (χ2n) is 5.76. The fourth-order valence-corrected chi connectivity index (χ4v) is 2.90. The Hall–Kier alpha value is -1.24. The van der Waals surface area contributed by atoms with Crippen molar-refractivity contribution in [2.45, 2.75) is 25.8 Å². The molecule has 0 amide bonds. The van der Waals surface area contributed by atoms with Gasteiger partial charge in [0.15, 0.2) is 5.96 Å². The zero-order chi connectivity index (χ0) is 14.5. The van der Waals surface area contributed by atoms with Crippen molar-refractivity contribution in [2.75, 3.05) is 31.1 Å². The molecule has 0 saturated carbocycles. The van der Waals surface area contributed by atoms with E-state index in [0.29, 0.717) is 12.5 Å². The molecule has 0 aliphatic carbocycles. The number of rotatable bonds is 3. The highest BCUT2D eigenvalue weighted by Crippen LogP contribution is 2.18. The molecule has 0 aromatic heterocycles. The van der Waals surface area contributed by atoms with E-state index in [1.807, 2.05) is 0 Å². The molecule has 0 radical (unpaired) electrons.